The molecule has 14 heavy (non-hydrogen) atoms. The van der Waals surface area contributed by atoms with E-state index in [1.54, 1.807) is 0 Å². The van der Waals surface area contributed by atoms with Crippen LogP contribution < -0.4 is 11.5 Å². The zero-order valence-electron chi connectivity index (χ0n) is 7.50. The van der Waals surface area contributed by atoms with Gasteiger partial charge in [0.1, 0.15) is 0 Å². The van der Waals surface area contributed by atoms with Gasteiger partial charge in [-0.3, -0.25) is 0 Å². The minimum Gasteiger partial charge on any atom is -0.397 e. The van der Waals surface area contributed by atoms with Crippen molar-refractivity contribution in [3.8, 4) is 0 Å². The quantitative estimate of drug-likeness (QED) is 0.746. The van der Waals surface area contributed by atoms with E-state index in [4.69, 9.17) is 16.6 Å². The van der Waals surface area contributed by atoms with Crippen molar-refractivity contribution in [1.29, 1.82) is 0 Å². The van der Waals surface area contributed by atoms with Gasteiger partial charge in [0.15, 0.2) is 0 Å². The first kappa shape index (κ1) is 12.0. The van der Waals surface area contributed by atoms with Crippen LogP contribution in [0.5, 0.6) is 0 Å². The van der Waals surface area contributed by atoms with E-state index in [0.29, 0.717) is 12.1 Å². The van der Waals surface area contributed by atoms with Crippen molar-refractivity contribution in [2.24, 2.45) is 5.73 Å². The summed E-state index contributed by atoms with van der Waals surface area (Å²) >= 11 is 6.69. The van der Waals surface area contributed by atoms with Gasteiger partial charge in [-0.05, 0) is 56.0 Å². The highest BCUT2D eigenvalue weighted by Crippen LogP contribution is 2.31. The first-order valence-electron chi connectivity index (χ1n) is 4.17. The third-order valence-corrected chi connectivity index (χ3v) is 3.28. The van der Waals surface area contributed by atoms with Crippen molar-refractivity contribution >= 4 is 37.5 Å². The molecule has 1 aromatic carbocycles. The number of benzene rings is 1. The van der Waals surface area contributed by atoms with Crippen LogP contribution in [0, 0.1) is 0 Å². The second-order valence-electron chi connectivity index (χ2n) is 3.02. The molecule has 0 spiro atoms. The first-order chi connectivity index (χ1) is 6.56. The smallest absolute Gasteiger partial charge is 0.0603 e. The molecule has 5 N–H and O–H groups in total. The fraction of sp³-hybridized carbons (Fsp3) is 0.333. The molecule has 0 saturated carbocycles. The highest BCUT2D eigenvalue weighted by molar-refractivity contribution is 9.11. The largest absolute Gasteiger partial charge is 0.397 e. The third kappa shape index (κ3) is 2.70. The lowest BCUT2D eigenvalue weighted by Crippen LogP contribution is -2.12. The zero-order valence-corrected chi connectivity index (χ0v) is 10.7. The highest BCUT2D eigenvalue weighted by atomic mass is 79.9. The van der Waals surface area contributed by atoms with E-state index >= 15 is 0 Å². The molecular weight excluding hydrogens is 312 g/mol. The van der Waals surface area contributed by atoms with Gasteiger partial charge < -0.3 is 16.6 Å². The number of anilines is 1. The Morgan fingerprint density at radius 1 is 1.29 bits per heavy atom. The Kier molecular flexibility index (Phi) is 4.37. The molecule has 0 unspecified atom stereocenters. The Balaban J connectivity index is 3.00. The summed E-state index contributed by atoms with van der Waals surface area (Å²) in [4.78, 5) is 0. The van der Waals surface area contributed by atoms with Crippen molar-refractivity contribution in [2.75, 3.05) is 12.3 Å². The number of aliphatic hydroxyl groups excluding tert-OH is 1. The summed E-state index contributed by atoms with van der Waals surface area (Å²) in [6.07, 6.45) is 0.544. The molecule has 0 bridgehead atoms. The number of nitrogen functional groups attached to an aromatic ring is 1. The van der Waals surface area contributed by atoms with E-state index in [0.717, 1.165) is 14.5 Å². The van der Waals surface area contributed by atoms with Gasteiger partial charge in [-0.15, -0.1) is 0 Å². The van der Waals surface area contributed by atoms with Gasteiger partial charge in [0.25, 0.3) is 0 Å². The summed E-state index contributed by atoms with van der Waals surface area (Å²) in [7, 11) is 0. The molecule has 0 aromatic heterocycles. The Morgan fingerprint density at radius 2 is 1.79 bits per heavy atom. The fourth-order valence-electron chi connectivity index (χ4n) is 1.12. The van der Waals surface area contributed by atoms with Crippen LogP contribution in [0.4, 0.5) is 5.69 Å². The van der Waals surface area contributed by atoms with E-state index in [-0.39, 0.29) is 12.6 Å². The zero-order chi connectivity index (χ0) is 10.7. The van der Waals surface area contributed by atoms with Crippen molar-refractivity contribution < 1.29 is 5.11 Å². The molecule has 1 aromatic rings. The van der Waals surface area contributed by atoms with Gasteiger partial charge in [-0.2, -0.15) is 0 Å². The van der Waals surface area contributed by atoms with E-state index in [2.05, 4.69) is 31.9 Å². The molecule has 0 aliphatic heterocycles. The number of aliphatic hydroxyl groups is 1. The van der Waals surface area contributed by atoms with E-state index in [1.165, 1.54) is 0 Å². The Labute approximate surface area is 99.7 Å². The summed E-state index contributed by atoms with van der Waals surface area (Å²) in [6, 6.07) is 3.59. The van der Waals surface area contributed by atoms with Crippen molar-refractivity contribution in [2.45, 2.75) is 12.5 Å². The minimum absolute atomic E-state index is 0.0841. The van der Waals surface area contributed by atoms with Crippen LogP contribution in [-0.2, 0) is 0 Å². The maximum absolute atomic E-state index is 8.76. The number of hydrogen-bond donors (Lipinski definition) is 3. The topological polar surface area (TPSA) is 72.3 Å². The second-order valence-corrected chi connectivity index (χ2v) is 4.73. The molecule has 1 atom stereocenters. The number of nitrogens with two attached hydrogens (primary N) is 2. The normalized spacial score (nSPS) is 12.9. The van der Waals surface area contributed by atoms with Crippen LogP contribution in [0.25, 0.3) is 0 Å². The monoisotopic (exact) mass is 322 g/mol. The minimum atomic E-state index is -0.159. The van der Waals surface area contributed by atoms with Gasteiger partial charge >= 0.3 is 0 Å². The highest BCUT2D eigenvalue weighted by Gasteiger charge is 2.09. The number of hydrogen-bond acceptors (Lipinski definition) is 3. The van der Waals surface area contributed by atoms with Gasteiger partial charge in [-0.1, -0.05) is 0 Å². The van der Waals surface area contributed by atoms with Crippen LogP contribution >= 0.6 is 31.9 Å². The van der Waals surface area contributed by atoms with E-state index < -0.39 is 0 Å². The van der Waals surface area contributed by atoms with E-state index in [9.17, 15) is 0 Å². The summed E-state index contributed by atoms with van der Waals surface area (Å²) in [5.74, 6) is 0. The number of halogens is 2. The lowest BCUT2D eigenvalue weighted by molar-refractivity contribution is 0.276. The Hall–Kier alpha value is -0.100. The standard InChI is InChI=1S/C9H12Br2N2O/c10-6-3-5(8(12)1-2-14)4-7(11)9(6)13/h3-4,8,14H,1-2,12-13H2/t8-/m0/s1. The van der Waals surface area contributed by atoms with Crippen LogP contribution in [0.1, 0.15) is 18.0 Å². The molecule has 0 radical (unpaired) electrons. The van der Waals surface area contributed by atoms with Crippen LogP contribution in [0.2, 0.25) is 0 Å². The van der Waals surface area contributed by atoms with Crippen molar-refractivity contribution in [3.05, 3.63) is 26.6 Å². The molecule has 0 aliphatic carbocycles. The molecule has 3 nitrogen and oxygen atoms in total. The average molecular weight is 324 g/mol. The molecule has 0 fully saturated rings. The van der Waals surface area contributed by atoms with Crippen LogP contribution in [-0.4, -0.2) is 11.7 Å². The maximum Gasteiger partial charge on any atom is 0.0603 e. The van der Waals surface area contributed by atoms with Crippen LogP contribution in [0.15, 0.2) is 21.1 Å². The average Bonchev–Trinajstić information content (AvgIpc) is 2.13. The Bertz CT molecular complexity index is 308. The molecule has 1 rings (SSSR count). The summed E-state index contributed by atoms with van der Waals surface area (Å²) in [6.45, 7) is 0.0841. The summed E-state index contributed by atoms with van der Waals surface area (Å²) in [5, 5.41) is 8.76. The molecule has 0 heterocycles. The summed E-state index contributed by atoms with van der Waals surface area (Å²) in [5.41, 5.74) is 13.2. The molecule has 0 aliphatic rings. The lowest BCUT2D eigenvalue weighted by Gasteiger charge is -2.12. The first-order valence-corrected chi connectivity index (χ1v) is 5.75. The Morgan fingerprint density at radius 3 is 2.21 bits per heavy atom. The lowest BCUT2D eigenvalue weighted by atomic mass is 10.1. The van der Waals surface area contributed by atoms with Gasteiger partial charge in [0.2, 0.25) is 0 Å². The van der Waals surface area contributed by atoms with Crippen molar-refractivity contribution in [1.82, 2.24) is 0 Å². The summed E-state index contributed by atoms with van der Waals surface area (Å²) < 4.78 is 1.63. The maximum atomic E-state index is 8.76. The van der Waals surface area contributed by atoms with Crippen LogP contribution in [0.3, 0.4) is 0 Å². The number of rotatable bonds is 3. The molecule has 78 valence electrons. The van der Waals surface area contributed by atoms with E-state index in [1.807, 2.05) is 12.1 Å². The molecule has 5 heteroatoms. The molecule has 0 amide bonds. The fourth-order valence-corrected chi connectivity index (χ4v) is 2.35. The second kappa shape index (κ2) is 5.11. The van der Waals surface area contributed by atoms with Gasteiger partial charge in [0, 0.05) is 21.6 Å². The third-order valence-electron chi connectivity index (χ3n) is 1.97. The molecular formula is C9H12Br2N2O. The van der Waals surface area contributed by atoms with Crippen molar-refractivity contribution in [3.63, 3.8) is 0 Å². The SMILES string of the molecule is Nc1c(Br)cc([C@@H](N)CCO)cc1Br. The predicted molar refractivity (Wildman–Crippen MR) is 64.9 cm³/mol. The van der Waals surface area contributed by atoms with Gasteiger partial charge in [0.05, 0.1) is 5.69 Å². The predicted octanol–water partition coefficient (Wildman–Crippen LogP) is 2.18. The van der Waals surface area contributed by atoms with Gasteiger partial charge in [-0.25, -0.2) is 0 Å². The molecule has 0 saturated heterocycles.